The maximum Gasteiger partial charge on any atom is 0.259 e. The minimum atomic E-state index is -3.68. The third kappa shape index (κ3) is 2.47. The summed E-state index contributed by atoms with van der Waals surface area (Å²) in [5, 5.41) is 3.91. The highest BCUT2D eigenvalue weighted by molar-refractivity contribution is 7.89. The first kappa shape index (κ1) is 12.8. The molecule has 2 heterocycles. The standard InChI is InChI=1S/C9H14ClN3O3S/c1-9(3-4-16-6-9)12-17(14,15)8-7(10)5-11-13(8)2/h5,12H,3-4,6H2,1-2H3. The van der Waals surface area contributed by atoms with Crippen molar-refractivity contribution in [3.05, 3.63) is 11.2 Å². The van der Waals surface area contributed by atoms with E-state index in [0.29, 0.717) is 19.6 Å². The summed E-state index contributed by atoms with van der Waals surface area (Å²) >= 11 is 5.83. The third-order valence-corrected chi connectivity index (χ3v) is 4.84. The fourth-order valence-corrected chi connectivity index (χ4v) is 3.90. The molecule has 8 heteroatoms. The Morgan fingerprint density at radius 1 is 1.65 bits per heavy atom. The zero-order chi connectivity index (χ0) is 12.7. The van der Waals surface area contributed by atoms with Crippen LogP contribution in [0.1, 0.15) is 13.3 Å². The molecule has 0 aliphatic carbocycles. The smallest absolute Gasteiger partial charge is 0.259 e. The van der Waals surface area contributed by atoms with Gasteiger partial charge < -0.3 is 4.74 Å². The van der Waals surface area contributed by atoms with E-state index in [4.69, 9.17) is 16.3 Å². The van der Waals surface area contributed by atoms with Crippen LogP contribution in [0.4, 0.5) is 0 Å². The number of aryl methyl sites for hydroxylation is 1. The van der Waals surface area contributed by atoms with Gasteiger partial charge in [0.05, 0.1) is 23.4 Å². The van der Waals surface area contributed by atoms with Gasteiger partial charge in [-0.2, -0.15) is 5.10 Å². The van der Waals surface area contributed by atoms with Gasteiger partial charge in [-0.3, -0.25) is 4.68 Å². The lowest BCUT2D eigenvalue weighted by Crippen LogP contribution is -2.46. The van der Waals surface area contributed by atoms with E-state index in [0.717, 1.165) is 0 Å². The minimum Gasteiger partial charge on any atom is -0.379 e. The van der Waals surface area contributed by atoms with E-state index < -0.39 is 15.6 Å². The second-order valence-corrected chi connectivity index (χ2v) is 6.39. The minimum absolute atomic E-state index is 0.0210. The van der Waals surface area contributed by atoms with Gasteiger partial charge in [0.15, 0.2) is 5.03 Å². The molecule has 0 amide bonds. The molecule has 1 atom stereocenters. The van der Waals surface area contributed by atoms with E-state index in [2.05, 4.69) is 9.82 Å². The lowest BCUT2D eigenvalue weighted by Gasteiger charge is -2.23. The molecule has 1 unspecified atom stereocenters. The molecule has 17 heavy (non-hydrogen) atoms. The number of nitrogens with zero attached hydrogens (tertiary/aromatic N) is 2. The predicted molar refractivity (Wildman–Crippen MR) is 62.4 cm³/mol. The van der Waals surface area contributed by atoms with Crippen molar-refractivity contribution in [2.75, 3.05) is 13.2 Å². The first-order chi connectivity index (χ1) is 7.84. The molecular weight excluding hydrogens is 266 g/mol. The number of ether oxygens (including phenoxy) is 1. The van der Waals surface area contributed by atoms with Crippen molar-refractivity contribution in [1.29, 1.82) is 0 Å². The number of rotatable bonds is 3. The Balaban J connectivity index is 2.31. The summed E-state index contributed by atoms with van der Waals surface area (Å²) in [5.41, 5.74) is -0.577. The van der Waals surface area contributed by atoms with Crippen LogP contribution in [-0.4, -0.2) is 37.0 Å². The molecule has 0 bridgehead atoms. The van der Waals surface area contributed by atoms with Crippen LogP contribution in [0, 0.1) is 0 Å². The number of halogens is 1. The average molecular weight is 280 g/mol. The van der Waals surface area contributed by atoms with Crippen molar-refractivity contribution >= 4 is 21.6 Å². The molecule has 0 radical (unpaired) electrons. The number of aromatic nitrogens is 2. The third-order valence-electron chi connectivity index (χ3n) is 2.70. The van der Waals surface area contributed by atoms with E-state index >= 15 is 0 Å². The lowest BCUT2D eigenvalue weighted by molar-refractivity contribution is 0.178. The van der Waals surface area contributed by atoms with Crippen LogP contribution in [0.5, 0.6) is 0 Å². The molecule has 0 spiro atoms. The number of hydrogen-bond acceptors (Lipinski definition) is 4. The fourth-order valence-electron chi connectivity index (χ4n) is 1.82. The van der Waals surface area contributed by atoms with E-state index in [1.807, 2.05) is 6.92 Å². The normalized spacial score (nSPS) is 25.4. The van der Waals surface area contributed by atoms with Crippen molar-refractivity contribution in [1.82, 2.24) is 14.5 Å². The summed E-state index contributed by atoms with van der Waals surface area (Å²) < 4.78 is 33.4. The second kappa shape index (κ2) is 4.24. The monoisotopic (exact) mass is 279 g/mol. The maximum atomic E-state index is 12.2. The second-order valence-electron chi connectivity index (χ2n) is 4.39. The lowest BCUT2D eigenvalue weighted by atomic mass is 10.0. The number of nitrogens with one attached hydrogen (secondary N) is 1. The highest BCUT2D eigenvalue weighted by Crippen LogP contribution is 2.24. The van der Waals surface area contributed by atoms with Gasteiger partial charge in [-0.25, -0.2) is 13.1 Å². The Morgan fingerprint density at radius 2 is 2.35 bits per heavy atom. The number of hydrogen-bond donors (Lipinski definition) is 1. The Hall–Kier alpha value is -0.630. The van der Waals surface area contributed by atoms with Gasteiger partial charge in [-0.05, 0) is 13.3 Å². The van der Waals surface area contributed by atoms with Crippen molar-refractivity contribution in [3.8, 4) is 0 Å². The van der Waals surface area contributed by atoms with Crippen molar-refractivity contribution in [3.63, 3.8) is 0 Å². The van der Waals surface area contributed by atoms with E-state index in [1.165, 1.54) is 17.9 Å². The molecule has 6 nitrogen and oxygen atoms in total. The molecule has 2 rings (SSSR count). The first-order valence-corrected chi connectivity index (χ1v) is 6.99. The zero-order valence-corrected chi connectivity index (χ0v) is 11.2. The van der Waals surface area contributed by atoms with Crippen molar-refractivity contribution in [2.45, 2.75) is 23.9 Å². The summed E-state index contributed by atoms with van der Waals surface area (Å²) in [7, 11) is -2.15. The molecule has 0 saturated carbocycles. The van der Waals surface area contributed by atoms with Crippen LogP contribution in [0.2, 0.25) is 5.02 Å². The Kier molecular flexibility index (Phi) is 3.19. The summed E-state index contributed by atoms with van der Waals surface area (Å²) in [6, 6.07) is 0. The SMILES string of the molecule is Cn1ncc(Cl)c1S(=O)(=O)NC1(C)CCOC1. The fraction of sp³-hybridized carbons (Fsp3) is 0.667. The van der Waals surface area contributed by atoms with E-state index in [-0.39, 0.29) is 10.0 Å². The molecule has 1 aliphatic rings. The summed E-state index contributed by atoms with van der Waals surface area (Å²) in [5.74, 6) is 0. The van der Waals surface area contributed by atoms with Gasteiger partial charge >= 0.3 is 0 Å². The van der Waals surface area contributed by atoms with Crippen LogP contribution >= 0.6 is 11.6 Å². The van der Waals surface area contributed by atoms with Gasteiger partial charge in [0.1, 0.15) is 0 Å². The number of sulfonamides is 1. The molecular formula is C9H14ClN3O3S. The molecule has 1 aromatic rings. The van der Waals surface area contributed by atoms with Crippen LogP contribution in [0.15, 0.2) is 11.2 Å². The molecule has 96 valence electrons. The molecule has 1 aromatic heterocycles. The molecule has 1 N–H and O–H groups in total. The summed E-state index contributed by atoms with van der Waals surface area (Å²) in [6.45, 7) is 2.72. The summed E-state index contributed by atoms with van der Waals surface area (Å²) in [4.78, 5) is 0. The van der Waals surface area contributed by atoms with Crippen LogP contribution < -0.4 is 4.72 Å². The van der Waals surface area contributed by atoms with E-state index in [9.17, 15) is 8.42 Å². The van der Waals surface area contributed by atoms with Crippen LogP contribution in [-0.2, 0) is 21.8 Å². The average Bonchev–Trinajstić information content (AvgIpc) is 2.73. The highest BCUT2D eigenvalue weighted by atomic mass is 35.5. The van der Waals surface area contributed by atoms with Gasteiger partial charge in [0, 0.05) is 13.7 Å². The quantitative estimate of drug-likeness (QED) is 0.876. The van der Waals surface area contributed by atoms with Gasteiger partial charge in [0.2, 0.25) is 0 Å². The zero-order valence-electron chi connectivity index (χ0n) is 9.60. The first-order valence-electron chi connectivity index (χ1n) is 5.13. The molecule has 1 saturated heterocycles. The Labute approximate surface area is 105 Å². The summed E-state index contributed by atoms with van der Waals surface area (Å²) in [6.07, 6.45) is 1.95. The van der Waals surface area contributed by atoms with Gasteiger partial charge in [0.25, 0.3) is 10.0 Å². The maximum absolute atomic E-state index is 12.2. The molecule has 0 aromatic carbocycles. The van der Waals surface area contributed by atoms with Gasteiger partial charge in [-0.15, -0.1) is 0 Å². The van der Waals surface area contributed by atoms with Crippen molar-refractivity contribution in [2.24, 2.45) is 7.05 Å². The largest absolute Gasteiger partial charge is 0.379 e. The molecule has 1 fully saturated rings. The van der Waals surface area contributed by atoms with Gasteiger partial charge in [-0.1, -0.05) is 11.6 Å². The topological polar surface area (TPSA) is 73.2 Å². The van der Waals surface area contributed by atoms with E-state index in [1.54, 1.807) is 0 Å². The van der Waals surface area contributed by atoms with Crippen LogP contribution in [0.3, 0.4) is 0 Å². The van der Waals surface area contributed by atoms with Crippen molar-refractivity contribution < 1.29 is 13.2 Å². The predicted octanol–water partition coefficient (Wildman–Crippen LogP) is 0.531. The highest BCUT2D eigenvalue weighted by Gasteiger charge is 2.36. The Bertz CT molecular complexity index is 500. The van der Waals surface area contributed by atoms with Crippen LogP contribution in [0.25, 0.3) is 0 Å². The molecule has 1 aliphatic heterocycles. The Morgan fingerprint density at radius 3 is 2.82 bits per heavy atom.